The molecule has 6 nitrogen and oxygen atoms in total. The van der Waals surface area contributed by atoms with E-state index in [2.05, 4.69) is 5.32 Å². The third kappa shape index (κ3) is 3.38. The van der Waals surface area contributed by atoms with E-state index in [1.165, 1.54) is 12.5 Å². The van der Waals surface area contributed by atoms with Crippen molar-refractivity contribution in [3.8, 4) is 0 Å². The predicted octanol–water partition coefficient (Wildman–Crippen LogP) is 2.38. The van der Waals surface area contributed by atoms with Crippen LogP contribution in [0, 0.1) is 0 Å². The second kappa shape index (κ2) is 7.40. The van der Waals surface area contributed by atoms with Gasteiger partial charge in [0.15, 0.2) is 0 Å². The van der Waals surface area contributed by atoms with Crippen molar-refractivity contribution in [1.82, 2.24) is 5.32 Å². The molecule has 2 amide bonds. The summed E-state index contributed by atoms with van der Waals surface area (Å²) in [4.78, 5) is 26.5. The highest BCUT2D eigenvalue weighted by atomic mass is 35.5. The highest BCUT2D eigenvalue weighted by Crippen LogP contribution is 2.31. The summed E-state index contributed by atoms with van der Waals surface area (Å²) in [6.45, 7) is 2.31. The first-order valence-corrected chi connectivity index (χ1v) is 7.59. The van der Waals surface area contributed by atoms with E-state index in [4.69, 9.17) is 10.2 Å². The van der Waals surface area contributed by atoms with Crippen molar-refractivity contribution in [2.75, 3.05) is 17.2 Å². The summed E-state index contributed by atoms with van der Waals surface area (Å²) in [5, 5.41) is 2.70. The van der Waals surface area contributed by atoms with E-state index in [0.717, 1.165) is 24.1 Å². The van der Waals surface area contributed by atoms with Crippen molar-refractivity contribution < 1.29 is 14.0 Å². The second-order valence-electron chi connectivity index (χ2n) is 5.65. The molecule has 0 fully saturated rings. The fourth-order valence-corrected chi connectivity index (χ4v) is 2.85. The quantitative estimate of drug-likeness (QED) is 0.833. The highest BCUT2D eigenvalue weighted by Gasteiger charge is 2.28. The molecular formula is C17H20ClN3O3. The van der Waals surface area contributed by atoms with Crippen LogP contribution in [0.3, 0.4) is 0 Å². The zero-order chi connectivity index (χ0) is 16.4. The van der Waals surface area contributed by atoms with Gasteiger partial charge in [-0.3, -0.25) is 9.59 Å². The number of hydrogen-bond donors (Lipinski definition) is 2. The molecule has 2 aromatic rings. The lowest BCUT2D eigenvalue weighted by Crippen LogP contribution is -2.48. The van der Waals surface area contributed by atoms with Gasteiger partial charge in [-0.15, -0.1) is 12.4 Å². The Morgan fingerprint density at radius 3 is 2.83 bits per heavy atom. The molecule has 0 radical (unpaired) electrons. The molecule has 0 aliphatic carbocycles. The molecule has 2 heterocycles. The molecule has 3 N–H and O–H groups in total. The van der Waals surface area contributed by atoms with E-state index in [9.17, 15) is 9.59 Å². The number of furan rings is 1. The maximum atomic E-state index is 12.7. The van der Waals surface area contributed by atoms with Crippen LogP contribution < -0.4 is 16.0 Å². The number of nitrogens with one attached hydrogen (secondary N) is 1. The minimum atomic E-state index is -0.634. The normalized spacial score (nSPS) is 14.3. The molecule has 7 heteroatoms. The number of rotatable bonds is 3. The zero-order valence-electron chi connectivity index (χ0n) is 13.3. The van der Waals surface area contributed by atoms with E-state index < -0.39 is 6.04 Å². The molecule has 0 saturated carbocycles. The first-order valence-electron chi connectivity index (χ1n) is 7.59. The number of anilines is 2. The minimum Gasteiger partial charge on any atom is -0.472 e. The van der Waals surface area contributed by atoms with Crippen LogP contribution in [0.25, 0.3) is 0 Å². The molecule has 128 valence electrons. The number of nitrogens with zero attached hydrogens (tertiary/aromatic N) is 1. The third-order valence-corrected chi connectivity index (χ3v) is 4.05. The largest absolute Gasteiger partial charge is 0.472 e. The van der Waals surface area contributed by atoms with Crippen LogP contribution >= 0.6 is 12.4 Å². The SMILES string of the molecule is CC(NC(=O)c1ccoc1)C(=O)N1CCCc2c(N)cccc21.Cl. The topological polar surface area (TPSA) is 88.6 Å². The summed E-state index contributed by atoms with van der Waals surface area (Å²) in [5.41, 5.74) is 8.95. The van der Waals surface area contributed by atoms with Gasteiger partial charge in [-0.2, -0.15) is 0 Å². The van der Waals surface area contributed by atoms with Crippen LogP contribution in [0.5, 0.6) is 0 Å². The first kappa shape index (κ1) is 17.9. The molecule has 0 saturated heterocycles. The number of hydrogen-bond acceptors (Lipinski definition) is 4. The van der Waals surface area contributed by atoms with Crippen LogP contribution in [0.1, 0.15) is 29.3 Å². The molecular weight excluding hydrogens is 330 g/mol. The molecule has 1 aliphatic heterocycles. The van der Waals surface area contributed by atoms with Gasteiger partial charge in [0.2, 0.25) is 5.91 Å². The maximum Gasteiger partial charge on any atom is 0.255 e. The van der Waals surface area contributed by atoms with Gasteiger partial charge in [0, 0.05) is 17.9 Å². The van der Waals surface area contributed by atoms with E-state index >= 15 is 0 Å². The lowest BCUT2D eigenvalue weighted by atomic mass is 9.99. The molecule has 3 rings (SSSR count). The summed E-state index contributed by atoms with van der Waals surface area (Å²) in [7, 11) is 0. The van der Waals surface area contributed by atoms with Crippen LogP contribution in [0.15, 0.2) is 41.2 Å². The Labute approximate surface area is 146 Å². The number of benzene rings is 1. The predicted molar refractivity (Wildman–Crippen MR) is 94.4 cm³/mol. The second-order valence-corrected chi connectivity index (χ2v) is 5.65. The van der Waals surface area contributed by atoms with Crippen LogP contribution in [0.2, 0.25) is 0 Å². The van der Waals surface area contributed by atoms with Gasteiger partial charge in [-0.1, -0.05) is 6.07 Å². The summed E-state index contributed by atoms with van der Waals surface area (Å²) in [6.07, 6.45) is 4.49. The minimum absolute atomic E-state index is 0. The fraction of sp³-hybridized carbons (Fsp3) is 0.294. The number of amides is 2. The maximum absolute atomic E-state index is 12.7. The Hall–Kier alpha value is -2.47. The number of halogens is 1. The van der Waals surface area contributed by atoms with Crippen LogP contribution in [0.4, 0.5) is 11.4 Å². The van der Waals surface area contributed by atoms with Crippen molar-refractivity contribution in [1.29, 1.82) is 0 Å². The lowest BCUT2D eigenvalue weighted by molar-refractivity contribution is -0.120. The Morgan fingerprint density at radius 1 is 1.33 bits per heavy atom. The smallest absolute Gasteiger partial charge is 0.255 e. The van der Waals surface area contributed by atoms with Gasteiger partial charge in [-0.05, 0) is 43.5 Å². The van der Waals surface area contributed by atoms with Gasteiger partial charge >= 0.3 is 0 Å². The number of fused-ring (bicyclic) bond motifs is 1. The number of carbonyl (C=O) groups excluding carboxylic acids is 2. The average molecular weight is 350 g/mol. The van der Waals surface area contributed by atoms with E-state index in [0.29, 0.717) is 17.8 Å². The number of nitrogen functional groups attached to an aromatic ring is 1. The standard InChI is InChI=1S/C17H19N3O3.ClH/c1-11(19-16(21)12-7-9-23-10-12)17(22)20-8-3-4-13-14(18)5-2-6-15(13)20;/h2,5-7,9-11H,3-4,8,18H2,1H3,(H,19,21);1H. The molecule has 1 aromatic heterocycles. The Kier molecular flexibility index (Phi) is 5.51. The molecule has 0 bridgehead atoms. The Balaban J connectivity index is 0.00000208. The number of carbonyl (C=O) groups is 2. The lowest BCUT2D eigenvalue weighted by Gasteiger charge is -2.32. The molecule has 1 aromatic carbocycles. The zero-order valence-corrected chi connectivity index (χ0v) is 14.1. The van der Waals surface area contributed by atoms with Crippen molar-refractivity contribution in [3.63, 3.8) is 0 Å². The molecule has 1 atom stereocenters. The molecule has 0 spiro atoms. The molecule has 1 aliphatic rings. The van der Waals surface area contributed by atoms with Gasteiger partial charge in [-0.25, -0.2) is 0 Å². The van der Waals surface area contributed by atoms with Crippen molar-refractivity contribution in [2.45, 2.75) is 25.8 Å². The van der Waals surface area contributed by atoms with Crippen molar-refractivity contribution in [3.05, 3.63) is 47.9 Å². The summed E-state index contributed by atoms with van der Waals surface area (Å²) < 4.78 is 4.88. The van der Waals surface area contributed by atoms with E-state index in [-0.39, 0.29) is 24.2 Å². The first-order chi connectivity index (χ1) is 11.1. The third-order valence-electron chi connectivity index (χ3n) is 4.05. The summed E-state index contributed by atoms with van der Waals surface area (Å²) in [6, 6.07) is 6.51. The van der Waals surface area contributed by atoms with Gasteiger partial charge in [0.25, 0.3) is 5.91 Å². The Morgan fingerprint density at radius 2 is 2.12 bits per heavy atom. The monoisotopic (exact) mass is 349 g/mol. The highest BCUT2D eigenvalue weighted by molar-refractivity contribution is 6.02. The van der Waals surface area contributed by atoms with Crippen molar-refractivity contribution in [2.24, 2.45) is 0 Å². The molecule has 1 unspecified atom stereocenters. The van der Waals surface area contributed by atoms with Gasteiger partial charge in [0.05, 0.1) is 11.8 Å². The number of nitrogens with two attached hydrogens (primary N) is 1. The summed E-state index contributed by atoms with van der Waals surface area (Å²) >= 11 is 0. The van der Waals surface area contributed by atoms with E-state index in [1.54, 1.807) is 17.9 Å². The Bertz CT molecular complexity index is 731. The average Bonchev–Trinajstić information content (AvgIpc) is 3.08. The van der Waals surface area contributed by atoms with E-state index in [1.807, 2.05) is 18.2 Å². The summed E-state index contributed by atoms with van der Waals surface area (Å²) in [5.74, 6) is -0.474. The van der Waals surface area contributed by atoms with Crippen LogP contribution in [-0.4, -0.2) is 24.4 Å². The van der Waals surface area contributed by atoms with Crippen LogP contribution in [-0.2, 0) is 11.2 Å². The fourth-order valence-electron chi connectivity index (χ4n) is 2.85. The van der Waals surface area contributed by atoms with Gasteiger partial charge < -0.3 is 20.4 Å². The van der Waals surface area contributed by atoms with Gasteiger partial charge in [0.1, 0.15) is 12.3 Å². The van der Waals surface area contributed by atoms with Crippen molar-refractivity contribution >= 4 is 35.6 Å². The molecule has 24 heavy (non-hydrogen) atoms.